The monoisotopic (exact) mass is 403 g/mol. The minimum Gasteiger partial charge on any atom is -0.344 e. The lowest BCUT2D eigenvalue weighted by molar-refractivity contribution is -0.131. The van der Waals surface area contributed by atoms with E-state index < -0.39 is 5.54 Å². The maximum atomic E-state index is 14.5. The second-order valence-corrected chi connectivity index (χ2v) is 8.16. The first-order valence-corrected chi connectivity index (χ1v) is 9.69. The van der Waals surface area contributed by atoms with Crippen molar-refractivity contribution in [2.75, 3.05) is 13.6 Å². The molecule has 1 N–H and O–H groups in total. The summed E-state index contributed by atoms with van der Waals surface area (Å²) in [6, 6.07) is 9.15. The van der Waals surface area contributed by atoms with Crippen molar-refractivity contribution >= 4 is 18.3 Å². The summed E-state index contributed by atoms with van der Waals surface area (Å²) < 4.78 is 14.5. The number of carbonyl (C=O) groups is 1. The van der Waals surface area contributed by atoms with Crippen molar-refractivity contribution in [1.82, 2.24) is 15.2 Å². The summed E-state index contributed by atoms with van der Waals surface area (Å²) in [4.78, 5) is 18.9. The number of nitrogens with one attached hydrogen (secondary N) is 1. The Morgan fingerprint density at radius 3 is 2.71 bits per heavy atom. The van der Waals surface area contributed by atoms with E-state index in [1.54, 1.807) is 17.2 Å². The molecule has 0 saturated carbocycles. The SMILES string of the molecule is CC(C)c1ccc(F)c(-c2ccnc([C@H]3CC[C@@]4(CCN(C)C4=O)N3)c2)c1.Cl. The quantitative estimate of drug-likeness (QED) is 0.823. The van der Waals surface area contributed by atoms with E-state index in [-0.39, 0.29) is 30.2 Å². The third-order valence-electron chi connectivity index (χ3n) is 6.05. The molecule has 1 amide bonds. The summed E-state index contributed by atoms with van der Waals surface area (Å²) >= 11 is 0. The second-order valence-electron chi connectivity index (χ2n) is 8.16. The molecular formula is C22H27ClFN3O. The number of hydrogen-bond donors (Lipinski definition) is 1. The molecule has 2 aliphatic rings. The predicted octanol–water partition coefficient (Wildman–Crippen LogP) is 4.46. The Morgan fingerprint density at radius 1 is 1.25 bits per heavy atom. The molecule has 2 saturated heterocycles. The maximum absolute atomic E-state index is 14.5. The van der Waals surface area contributed by atoms with Crippen molar-refractivity contribution in [3.63, 3.8) is 0 Å². The van der Waals surface area contributed by atoms with Crippen molar-refractivity contribution in [1.29, 1.82) is 0 Å². The van der Waals surface area contributed by atoms with Crippen LogP contribution < -0.4 is 5.32 Å². The molecule has 2 atom stereocenters. The topological polar surface area (TPSA) is 45.2 Å². The average molecular weight is 404 g/mol. The zero-order valence-corrected chi connectivity index (χ0v) is 17.4. The molecular weight excluding hydrogens is 377 g/mol. The van der Waals surface area contributed by atoms with Gasteiger partial charge >= 0.3 is 0 Å². The van der Waals surface area contributed by atoms with E-state index in [2.05, 4.69) is 24.1 Å². The zero-order valence-electron chi connectivity index (χ0n) is 16.5. The van der Waals surface area contributed by atoms with E-state index in [1.165, 1.54) is 0 Å². The molecule has 4 rings (SSSR count). The molecule has 28 heavy (non-hydrogen) atoms. The van der Waals surface area contributed by atoms with Gasteiger partial charge in [0.05, 0.1) is 11.7 Å². The molecule has 0 bridgehead atoms. The van der Waals surface area contributed by atoms with Crippen molar-refractivity contribution in [2.45, 2.75) is 50.6 Å². The summed E-state index contributed by atoms with van der Waals surface area (Å²) in [5, 5.41) is 3.54. The summed E-state index contributed by atoms with van der Waals surface area (Å²) in [6.07, 6.45) is 4.26. The van der Waals surface area contributed by atoms with Crippen LogP contribution in [0.25, 0.3) is 11.1 Å². The van der Waals surface area contributed by atoms with Gasteiger partial charge < -0.3 is 4.90 Å². The van der Waals surface area contributed by atoms with Crippen LogP contribution in [0.1, 0.15) is 56.3 Å². The highest BCUT2D eigenvalue weighted by Gasteiger charge is 2.50. The normalized spacial score (nSPS) is 24.2. The van der Waals surface area contributed by atoms with E-state index in [0.717, 1.165) is 42.6 Å². The zero-order chi connectivity index (χ0) is 19.2. The molecule has 2 aliphatic heterocycles. The molecule has 1 aromatic heterocycles. The van der Waals surface area contributed by atoms with Gasteiger partial charge in [0, 0.05) is 25.4 Å². The number of amides is 1. The minimum absolute atomic E-state index is 0. The number of aromatic nitrogens is 1. The van der Waals surface area contributed by atoms with Gasteiger partial charge in [0.25, 0.3) is 0 Å². The molecule has 1 aromatic carbocycles. The van der Waals surface area contributed by atoms with Crippen LogP contribution in [0, 0.1) is 5.82 Å². The molecule has 2 fully saturated rings. The van der Waals surface area contributed by atoms with Crippen molar-refractivity contribution < 1.29 is 9.18 Å². The van der Waals surface area contributed by atoms with E-state index in [4.69, 9.17) is 0 Å². The van der Waals surface area contributed by atoms with Gasteiger partial charge in [-0.05, 0) is 60.6 Å². The van der Waals surface area contributed by atoms with Gasteiger partial charge in [-0.3, -0.25) is 15.1 Å². The number of benzene rings is 1. The number of rotatable bonds is 3. The lowest BCUT2D eigenvalue weighted by Gasteiger charge is -2.23. The number of likely N-dealkylation sites (N-methyl/N-ethyl adjacent to an activating group) is 1. The minimum atomic E-state index is -0.445. The van der Waals surface area contributed by atoms with E-state index in [9.17, 15) is 9.18 Å². The van der Waals surface area contributed by atoms with Crippen molar-refractivity contribution in [3.8, 4) is 11.1 Å². The van der Waals surface area contributed by atoms with Crippen LogP contribution in [0.4, 0.5) is 4.39 Å². The Balaban J connectivity index is 0.00000225. The molecule has 0 radical (unpaired) electrons. The fourth-order valence-corrected chi connectivity index (χ4v) is 4.32. The van der Waals surface area contributed by atoms with Gasteiger partial charge in [0.15, 0.2) is 0 Å². The highest BCUT2D eigenvalue weighted by Crippen LogP contribution is 2.39. The molecule has 1 spiro atoms. The van der Waals surface area contributed by atoms with Gasteiger partial charge in [-0.1, -0.05) is 19.9 Å². The van der Waals surface area contributed by atoms with E-state index in [0.29, 0.717) is 11.5 Å². The summed E-state index contributed by atoms with van der Waals surface area (Å²) in [5.74, 6) is 0.296. The van der Waals surface area contributed by atoms with Crippen LogP contribution in [0.15, 0.2) is 36.5 Å². The van der Waals surface area contributed by atoms with Gasteiger partial charge in [0.1, 0.15) is 11.4 Å². The van der Waals surface area contributed by atoms with Gasteiger partial charge in [0.2, 0.25) is 5.91 Å². The fraction of sp³-hybridized carbons (Fsp3) is 0.455. The van der Waals surface area contributed by atoms with Crippen LogP contribution in [0.2, 0.25) is 0 Å². The average Bonchev–Trinajstić information content (AvgIpc) is 3.22. The lowest BCUT2D eigenvalue weighted by Crippen LogP contribution is -2.47. The standard InChI is InChI=1S/C22H26FN3O.ClH/c1-14(2)15-4-5-18(23)17(12-15)16-7-10-24-20(13-16)19-6-8-22(25-19)9-11-26(3)21(22)27;/h4-5,7,10,12-14,19,25H,6,8-9,11H2,1-3H3;1H/t19-,22+;/m1./s1. The number of hydrogen-bond acceptors (Lipinski definition) is 3. The lowest BCUT2D eigenvalue weighted by atomic mass is 9.95. The number of pyridine rings is 1. The Kier molecular flexibility index (Phi) is 5.78. The second kappa shape index (κ2) is 7.80. The Bertz CT molecular complexity index is 888. The largest absolute Gasteiger partial charge is 0.344 e. The first-order valence-electron chi connectivity index (χ1n) is 9.69. The molecule has 4 nitrogen and oxygen atoms in total. The van der Waals surface area contributed by atoms with Crippen LogP contribution in [0.5, 0.6) is 0 Å². The fourth-order valence-electron chi connectivity index (χ4n) is 4.32. The Labute approximate surface area is 172 Å². The number of nitrogens with zero attached hydrogens (tertiary/aromatic N) is 2. The first-order chi connectivity index (χ1) is 12.9. The molecule has 3 heterocycles. The molecule has 150 valence electrons. The van der Waals surface area contributed by atoms with Crippen LogP contribution in [-0.2, 0) is 4.79 Å². The van der Waals surface area contributed by atoms with Crippen LogP contribution in [-0.4, -0.2) is 34.9 Å². The smallest absolute Gasteiger partial charge is 0.242 e. The highest BCUT2D eigenvalue weighted by atomic mass is 35.5. The van der Waals surface area contributed by atoms with Crippen LogP contribution in [0.3, 0.4) is 0 Å². The summed E-state index contributed by atoms with van der Waals surface area (Å²) in [5.41, 5.74) is 2.98. The molecule has 2 aromatic rings. The third-order valence-corrected chi connectivity index (χ3v) is 6.05. The van der Waals surface area contributed by atoms with Gasteiger partial charge in [-0.25, -0.2) is 4.39 Å². The number of halogens is 2. The maximum Gasteiger partial charge on any atom is 0.242 e. The number of carbonyl (C=O) groups excluding carboxylic acids is 1. The predicted molar refractivity (Wildman–Crippen MR) is 111 cm³/mol. The third kappa shape index (κ3) is 3.53. The Morgan fingerprint density at radius 2 is 2.04 bits per heavy atom. The van der Waals surface area contributed by atoms with E-state index >= 15 is 0 Å². The molecule has 6 heteroatoms. The van der Waals surface area contributed by atoms with Crippen molar-refractivity contribution in [3.05, 3.63) is 53.6 Å². The molecule has 0 unspecified atom stereocenters. The van der Waals surface area contributed by atoms with Gasteiger partial charge in [-0.2, -0.15) is 0 Å². The van der Waals surface area contributed by atoms with Gasteiger partial charge in [-0.15, -0.1) is 12.4 Å². The Hall–Kier alpha value is -1.98. The number of likely N-dealkylation sites (tertiary alicyclic amines) is 1. The van der Waals surface area contributed by atoms with Crippen molar-refractivity contribution in [2.24, 2.45) is 0 Å². The summed E-state index contributed by atoms with van der Waals surface area (Å²) in [7, 11) is 1.86. The summed E-state index contributed by atoms with van der Waals surface area (Å²) in [6.45, 7) is 5.00. The van der Waals surface area contributed by atoms with Crippen LogP contribution >= 0.6 is 12.4 Å². The highest BCUT2D eigenvalue weighted by molar-refractivity contribution is 5.88. The van der Waals surface area contributed by atoms with E-state index in [1.807, 2.05) is 31.3 Å². The first kappa shape index (κ1) is 20.7. The molecule has 0 aliphatic carbocycles.